The van der Waals surface area contributed by atoms with Gasteiger partial charge in [0.1, 0.15) is 17.7 Å². The third kappa shape index (κ3) is 9.05. The van der Waals surface area contributed by atoms with Crippen LogP contribution in [0.15, 0.2) is 30.9 Å². The van der Waals surface area contributed by atoms with Crippen LogP contribution in [0.4, 0.5) is 4.79 Å². The Labute approximate surface area is 210 Å². The van der Waals surface area contributed by atoms with Crippen LogP contribution in [0, 0.1) is 13.8 Å². The molecule has 1 aromatic rings. The fraction of sp³-hybridized carbons (Fsp3) is 0.577. The molecule has 2 atom stereocenters. The monoisotopic (exact) mass is 491 g/mol. The summed E-state index contributed by atoms with van der Waals surface area (Å²) in [5.74, 6) is -0.653. The summed E-state index contributed by atoms with van der Waals surface area (Å²) in [6.07, 6.45) is 3.76. The van der Waals surface area contributed by atoms with Gasteiger partial charge in [0.25, 0.3) is 0 Å². The standard InChI is InChI=1S/C26H41N3O4S/c1-8-10-11-15-27-23(30)22(21-18(3)13-12-14-19(21)4)29(16-9-2)24(31)20(17-34)28-25(32)33-26(5,6)7/h9,12-14,20,22,34H,2,8,10-11,15-17H2,1,3-7H3,(H,27,30)(H,28,32). The Morgan fingerprint density at radius 3 is 2.29 bits per heavy atom. The van der Waals surface area contributed by atoms with Crippen LogP contribution in [0.3, 0.4) is 0 Å². The SMILES string of the molecule is C=CCN(C(=O)C(CS)NC(=O)OC(C)(C)C)C(C(=O)NCCCCC)c1c(C)cccc1C. The largest absolute Gasteiger partial charge is 0.444 e. The molecule has 0 aliphatic rings. The van der Waals surface area contributed by atoms with Gasteiger partial charge in [0, 0.05) is 18.8 Å². The molecular formula is C26H41N3O4S. The number of ether oxygens (including phenoxy) is 1. The average molecular weight is 492 g/mol. The highest BCUT2D eigenvalue weighted by atomic mass is 32.1. The van der Waals surface area contributed by atoms with E-state index in [0.29, 0.717) is 6.54 Å². The Kier molecular flexibility index (Phi) is 12.2. The van der Waals surface area contributed by atoms with Gasteiger partial charge in [-0.2, -0.15) is 12.6 Å². The summed E-state index contributed by atoms with van der Waals surface area (Å²) in [4.78, 5) is 41.0. The minimum Gasteiger partial charge on any atom is -0.444 e. The molecule has 2 N–H and O–H groups in total. The minimum atomic E-state index is -0.974. The maximum absolute atomic E-state index is 13.7. The first-order chi connectivity index (χ1) is 16.0. The number of aryl methyl sites for hydroxylation is 2. The molecule has 0 fully saturated rings. The third-order valence-electron chi connectivity index (χ3n) is 5.24. The molecule has 0 heterocycles. The predicted molar refractivity (Wildman–Crippen MR) is 140 cm³/mol. The average Bonchev–Trinajstić information content (AvgIpc) is 2.74. The number of carbonyl (C=O) groups is 3. The molecular weight excluding hydrogens is 450 g/mol. The molecule has 0 aromatic heterocycles. The van der Waals surface area contributed by atoms with Crippen molar-refractivity contribution in [2.24, 2.45) is 0 Å². The third-order valence-corrected chi connectivity index (χ3v) is 5.60. The first-order valence-electron chi connectivity index (χ1n) is 11.8. The zero-order valence-electron chi connectivity index (χ0n) is 21.4. The van der Waals surface area contributed by atoms with E-state index < -0.39 is 29.7 Å². The van der Waals surface area contributed by atoms with Crippen LogP contribution in [0.5, 0.6) is 0 Å². The maximum atomic E-state index is 13.7. The zero-order valence-corrected chi connectivity index (χ0v) is 22.3. The van der Waals surface area contributed by atoms with Gasteiger partial charge < -0.3 is 20.3 Å². The molecule has 190 valence electrons. The van der Waals surface area contributed by atoms with E-state index in [1.165, 1.54) is 4.90 Å². The second-order valence-corrected chi connectivity index (χ2v) is 9.73. The number of alkyl carbamates (subject to hydrolysis) is 1. The van der Waals surface area contributed by atoms with E-state index in [-0.39, 0.29) is 18.2 Å². The van der Waals surface area contributed by atoms with Gasteiger partial charge in [-0.1, -0.05) is 44.0 Å². The van der Waals surface area contributed by atoms with Crippen LogP contribution in [0.1, 0.15) is 69.7 Å². The van der Waals surface area contributed by atoms with Crippen molar-refractivity contribution in [1.29, 1.82) is 0 Å². The van der Waals surface area contributed by atoms with E-state index in [9.17, 15) is 14.4 Å². The van der Waals surface area contributed by atoms with E-state index in [4.69, 9.17) is 4.74 Å². The molecule has 8 heteroatoms. The molecule has 0 bridgehead atoms. The van der Waals surface area contributed by atoms with Gasteiger partial charge in [0.15, 0.2) is 0 Å². The quantitative estimate of drug-likeness (QED) is 0.228. The number of thiol groups is 1. The molecule has 0 saturated heterocycles. The molecule has 0 radical (unpaired) electrons. The van der Waals surface area contributed by atoms with E-state index in [1.54, 1.807) is 26.8 Å². The number of amides is 3. The highest BCUT2D eigenvalue weighted by Gasteiger charge is 2.36. The lowest BCUT2D eigenvalue weighted by atomic mass is 9.93. The highest BCUT2D eigenvalue weighted by Crippen LogP contribution is 2.28. The van der Waals surface area contributed by atoms with Gasteiger partial charge in [0.2, 0.25) is 11.8 Å². The normalized spacial score (nSPS) is 12.9. The van der Waals surface area contributed by atoms with E-state index in [0.717, 1.165) is 36.0 Å². The van der Waals surface area contributed by atoms with Gasteiger partial charge in [0.05, 0.1) is 0 Å². The van der Waals surface area contributed by atoms with E-state index in [1.807, 2.05) is 32.0 Å². The fourth-order valence-electron chi connectivity index (χ4n) is 3.67. The van der Waals surface area contributed by atoms with Crippen LogP contribution < -0.4 is 10.6 Å². The van der Waals surface area contributed by atoms with Crippen LogP contribution in [0.25, 0.3) is 0 Å². The van der Waals surface area contributed by atoms with Crippen LogP contribution in [-0.4, -0.2) is 53.3 Å². The molecule has 34 heavy (non-hydrogen) atoms. The number of rotatable bonds is 12. The Morgan fingerprint density at radius 1 is 1.18 bits per heavy atom. The Hall–Kier alpha value is -2.48. The lowest BCUT2D eigenvalue weighted by Crippen LogP contribution is -2.54. The van der Waals surface area contributed by atoms with Gasteiger partial charge in [-0.15, -0.1) is 6.58 Å². The number of nitrogens with zero attached hydrogens (tertiary/aromatic N) is 1. The molecule has 3 amide bonds. The molecule has 7 nitrogen and oxygen atoms in total. The van der Waals surface area contributed by atoms with Crippen molar-refractivity contribution < 1.29 is 19.1 Å². The molecule has 0 aliphatic heterocycles. The summed E-state index contributed by atoms with van der Waals surface area (Å²) in [5.41, 5.74) is 1.85. The van der Waals surface area contributed by atoms with Crippen LogP contribution in [-0.2, 0) is 14.3 Å². The van der Waals surface area contributed by atoms with Crippen molar-refractivity contribution in [3.63, 3.8) is 0 Å². The molecule has 1 aromatic carbocycles. The molecule has 1 rings (SSSR count). The second-order valence-electron chi connectivity index (χ2n) is 9.37. The van der Waals surface area contributed by atoms with Crippen LogP contribution >= 0.6 is 12.6 Å². The fourth-order valence-corrected chi connectivity index (χ4v) is 3.92. The summed E-state index contributed by atoms with van der Waals surface area (Å²) >= 11 is 4.29. The molecule has 0 saturated carbocycles. The zero-order chi connectivity index (χ0) is 25.9. The van der Waals surface area contributed by atoms with Crippen molar-refractivity contribution in [2.45, 2.75) is 78.5 Å². The van der Waals surface area contributed by atoms with Crippen molar-refractivity contribution in [2.75, 3.05) is 18.8 Å². The van der Waals surface area contributed by atoms with Crippen molar-refractivity contribution in [1.82, 2.24) is 15.5 Å². The van der Waals surface area contributed by atoms with Crippen LogP contribution in [0.2, 0.25) is 0 Å². The van der Waals surface area contributed by atoms with Gasteiger partial charge in [-0.3, -0.25) is 9.59 Å². The highest BCUT2D eigenvalue weighted by molar-refractivity contribution is 7.80. The summed E-state index contributed by atoms with van der Waals surface area (Å²) in [5, 5.41) is 5.60. The van der Waals surface area contributed by atoms with Gasteiger partial charge in [-0.25, -0.2) is 4.79 Å². The van der Waals surface area contributed by atoms with E-state index in [2.05, 4.69) is 36.8 Å². The number of hydrogen-bond donors (Lipinski definition) is 3. The van der Waals surface area contributed by atoms with Crippen molar-refractivity contribution >= 4 is 30.5 Å². The van der Waals surface area contributed by atoms with Crippen molar-refractivity contribution in [3.8, 4) is 0 Å². The number of unbranched alkanes of at least 4 members (excludes halogenated alkanes) is 2. The van der Waals surface area contributed by atoms with Crippen molar-refractivity contribution in [3.05, 3.63) is 47.5 Å². The topological polar surface area (TPSA) is 87.7 Å². The number of carbonyl (C=O) groups excluding carboxylic acids is 3. The smallest absolute Gasteiger partial charge is 0.408 e. The lowest BCUT2D eigenvalue weighted by molar-refractivity contribution is -0.141. The predicted octanol–water partition coefficient (Wildman–Crippen LogP) is 4.49. The summed E-state index contributed by atoms with van der Waals surface area (Å²) in [6.45, 7) is 15.6. The lowest BCUT2D eigenvalue weighted by Gasteiger charge is -2.34. The Balaban J connectivity index is 3.36. The second kappa shape index (κ2) is 14.0. The molecule has 0 aliphatic carbocycles. The maximum Gasteiger partial charge on any atom is 0.408 e. The summed E-state index contributed by atoms with van der Waals surface area (Å²) in [7, 11) is 0. The van der Waals surface area contributed by atoms with Gasteiger partial charge >= 0.3 is 6.09 Å². The Morgan fingerprint density at radius 2 is 1.79 bits per heavy atom. The molecule has 0 spiro atoms. The minimum absolute atomic E-state index is 0.0450. The Bertz CT molecular complexity index is 831. The first-order valence-corrected chi connectivity index (χ1v) is 12.5. The summed E-state index contributed by atoms with van der Waals surface area (Å²) in [6, 6.07) is 3.91. The summed E-state index contributed by atoms with van der Waals surface area (Å²) < 4.78 is 5.31. The first kappa shape index (κ1) is 29.6. The number of benzene rings is 1. The number of hydrogen-bond acceptors (Lipinski definition) is 5. The number of nitrogens with one attached hydrogen (secondary N) is 2. The van der Waals surface area contributed by atoms with E-state index >= 15 is 0 Å². The molecule has 2 unspecified atom stereocenters. The van der Waals surface area contributed by atoms with Gasteiger partial charge in [-0.05, 0) is 57.7 Å².